The van der Waals surface area contributed by atoms with Crippen molar-refractivity contribution >= 4 is 28.6 Å². The summed E-state index contributed by atoms with van der Waals surface area (Å²) < 4.78 is 20.6. The molecule has 182 valence electrons. The molecule has 0 aliphatic rings. The van der Waals surface area contributed by atoms with Crippen molar-refractivity contribution < 1.29 is 18.7 Å². The molecule has 7 nitrogen and oxygen atoms in total. The van der Waals surface area contributed by atoms with E-state index in [0.29, 0.717) is 34.0 Å². The largest absolute Gasteiger partial charge is 0.443 e. The van der Waals surface area contributed by atoms with Crippen molar-refractivity contribution in [3.63, 3.8) is 0 Å². The number of aliphatic hydroxyl groups is 1. The minimum Gasteiger partial charge on any atom is -0.443 e. The molecule has 0 fully saturated rings. The third-order valence-corrected chi connectivity index (χ3v) is 5.92. The van der Waals surface area contributed by atoms with E-state index < -0.39 is 17.4 Å². The van der Waals surface area contributed by atoms with Crippen LogP contribution in [0.1, 0.15) is 33.3 Å². The number of fused-ring (bicyclic) bond motifs is 1. The van der Waals surface area contributed by atoms with E-state index in [9.17, 15) is 19.1 Å². The van der Waals surface area contributed by atoms with Crippen molar-refractivity contribution in [2.45, 2.75) is 19.2 Å². The third kappa shape index (κ3) is 5.79. The average molecular weight is 498 g/mol. The molecule has 4 rings (SSSR count). The molecule has 1 unspecified atom stereocenters. The van der Waals surface area contributed by atoms with Gasteiger partial charge in [-0.2, -0.15) is 0 Å². The number of carbonyl (C=O) groups excluding carboxylic acids is 1. The Labute approximate surface area is 206 Å². The molecule has 1 amide bonds. The summed E-state index contributed by atoms with van der Waals surface area (Å²) in [6, 6.07) is 14.4. The monoisotopic (exact) mass is 497 g/mol. The Morgan fingerprint density at radius 2 is 1.89 bits per heavy atom. The van der Waals surface area contributed by atoms with Gasteiger partial charge in [-0.05, 0) is 48.5 Å². The van der Waals surface area contributed by atoms with Gasteiger partial charge >= 0.3 is 0 Å². The van der Waals surface area contributed by atoms with Gasteiger partial charge in [0.05, 0.1) is 18.0 Å². The number of furan rings is 1. The molecule has 2 aromatic heterocycles. The Balaban J connectivity index is 1.47. The van der Waals surface area contributed by atoms with E-state index in [1.54, 1.807) is 49.0 Å². The highest BCUT2D eigenvalue weighted by Crippen LogP contribution is 2.20. The Kier molecular flexibility index (Phi) is 7.35. The summed E-state index contributed by atoms with van der Waals surface area (Å²) in [5.74, 6) is -0.333. The zero-order valence-electron chi connectivity index (χ0n) is 19.3. The fourth-order valence-electron chi connectivity index (χ4n) is 3.85. The summed E-state index contributed by atoms with van der Waals surface area (Å²) in [7, 11) is 3.50. The number of aryl methyl sites for hydroxylation is 1. The topological polar surface area (TPSA) is 87.7 Å². The number of aromatic nitrogens is 1. The van der Waals surface area contributed by atoms with Gasteiger partial charge in [0.25, 0.3) is 5.91 Å². The zero-order chi connectivity index (χ0) is 25.1. The van der Waals surface area contributed by atoms with E-state index in [0.717, 1.165) is 5.56 Å². The maximum atomic E-state index is 13.1. The first-order valence-corrected chi connectivity index (χ1v) is 11.4. The van der Waals surface area contributed by atoms with Gasteiger partial charge in [-0.25, -0.2) is 4.39 Å². The molecule has 0 spiro atoms. The van der Waals surface area contributed by atoms with Crippen LogP contribution in [0.15, 0.2) is 70.0 Å². The molecule has 0 saturated carbocycles. The average Bonchev–Trinajstić information content (AvgIpc) is 3.25. The number of hydrogen-bond acceptors (Lipinski definition) is 5. The van der Waals surface area contributed by atoms with E-state index in [1.165, 1.54) is 30.5 Å². The molecular formula is C26H25ClFN3O4. The van der Waals surface area contributed by atoms with Crippen LogP contribution >= 0.6 is 11.6 Å². The molecule has 0 bridgehead atoms. The highest BCUT2D eigenvalue weighted by Gasteiger charge is 2.19. The van der Waals surface area contributed by atoms with Crippen molar-refractivity contribution in [3.8, 4) is 0 Å². The first-order chi connectivity index (χ1) is 16.7. The minimum atomic E-state index is -0.813. The number of likely N-dealkylation sites (N-methyl/N-ethyl adjacent to an activating group) is 1. The second-order valence-electron chi connectivity index (χ2n) is 8.49. The number of rotatable bonds is 8. The van der Waals surface area contributed by atoms with Crippen LogP contribution in [0.25, 0.3) is 11.1 Å². The van der Waals surface area contributed by atoms with Crippen molar-refractivity contribution in [2.24, 2.45) is 7.05 Å². The van der Waals surface area contributed by atoms with E-state index in [4.69, 9.17) is 16.0 Å². The van der Waals surface area contributed by atoms with Crippen LogP contribution in [0.4, 0.5) is 4.39 Å². The lowest BCUT2D eigenvalue weighted by Gasteiger charge is -2.19. The SMILES string of the molecule is CN(Cc1cc2c(=O)c(C(=O)NCc3ccc(Cl)cc3)cn(C)c2o1)CC(O)c1ccc(F)cc1. The Morgan fingerprint density at radius 3 is 2.57 bits per heavy atom. The van der Waals surface area contributed by atoms with E-state index in [1.807, 2.05) is 4.90 Å². The van der Waals surface area contributed by atoms with Crippen molar-refractivity contribution in [3.05, 3.63) is 104 Å². The van der Waals surface area contributed by atoms with Crippen LogP contribution in [0.3, 0.4) is 0 Å². The lowest BCUT2D eigenvalue weighted by molar-refractivity contribution is 0.0949. The molecule has 0 saturated heterocycles. The lowest BCUT2D eigenvalue weighted by Crippen LogP contribution is -2.29. The van der Waals surface area contributed by atoms with Gasteiger partial charge in [-0.1, -0.05) is 35.9 Å². The molecule has 0 radical (unpaired) electrons. The fourth-order valence-corrected chi connectivity index (χ4v) is 3.97. The number of carbonyl (C=O) groups is 1. The van der Waals surface area contributed by atoms with Gasteiger partial charge in [0.2, 0.25) is 11.1 Å². The first kappa shape index (κ1) is 24.7. The summed E-state index contributed by atoms with van der Waals surface area (Å²) in [4.78, 5) is 27.6. The van der Waals surface area contributed by atoms with Crippen LogP contribution in [0.5, 0.6) is 0 Å². The smallest absolute Gasteiger partial charge is 0.257 e. The maximum Gasteiger partial charge on any atom is 0.257 e. The molecule has 0 aliphatic carbocycles. The Hall–Kier alpha value is -3.46. The van der Waals surface area contributed by atoms with E-state index in [2.05, 4.69) is 5.32 Å². The number of halogens is 2. The van der Waals surface area contributed by atoms with Crippen LogP contribution in [-0.4, -0.2) is 34.1 Å². The molecule has 1 atom stereocenters. The minimum absolute atomic E-state index is 0.0152. The standard InChI is InChI=1S/C26H25ClFN3O4/c1-30(15-23(32)17-5-9-19(28)10-6-17)13-20-11-21-24(33)22(14-31(2)26(21)35-20)25(34)29-12-16-3-7-18(27)8-4-16/h3-11,14,23,32H,12-13,15H2,1-2H3,(H,29,34). The summed E-state index contributed by atoms with van der Waals surface area (Å²) in [6.45, 7) is 0.858. The van der Waals surface area contributed by atoms with Crippen LogP contribution < -0.4 is 10.7 Å². The molecule has 35 heavy (non-hydrogen) atoms. The zero-order valence-corrected chi connectivity index (χ0v) is 20.1. The number of pyridine rings is 1. The number of aliphatic hydroxyl groups excluding tert-OH is 1. The maximum absolute atomic E-state index is 13.1. The second-order valence-corrected chi connectivity index (χ2v) is 8.92. The Bertz CT molecular complexity index is 1400. The quantitative estimate of drug-likeness (QED) is 0.384. The number of nitrogens with zero attached hydrogens (tertiary/aromatic N) is 2. The summed E-state index contributed by atoms with van der Waals surface area (Å²) in [5, 5.41) is 14.1. The summed E-state index contributed by atoms with van der Waals surface area (Å²) in [6.07, 6.45) is 0.643. The van der Waals surface area contributed by atoms with Gasteiger partial charge in [0.1, 0.15) is 17.1 Å². The first-order valence-electron chi connectivity index (χ1n) is 11.0. The fraction of sp³-hybridized carbons (Fsp3) is 0.231. The van der Waals surface area contributed by atoms with Gasteiger partial charge in [0, 0.05) is 31.4 Å². The lowest BCUT2D eigenvalue weighted by atomic mass is 10.1. The normalized spacial score (nSPS) is 12.3. The van der Waals surface area contributed by atoms with Crippen LogP contribution in [-0.2, 0) is 20.1 Å². The second kappa shape index (κ2) is 10.4. The van der Waals surface area contributed by atoms with Gasteiger partial charge in [-0.15, -0.1) is 0 Å². The molecule has 4 aromatic rings. The predicted octanol–water partition coefficient (Wildman–Crippen LogP) is 4.02. The van der Waals surface area contributed by atoms with Gasteiger partial charge < -0.3 is 19.4 Å². The molecular weight excluding hydrogens is 473 g/mol. The van der Waals surface area contributed by atoms with Gasteiger partial charge in [0.15, 0.2) is 0 Å². The van der Waals surface area contributed by atoms with Crippen molar-refractivity contribution in [2.75, 3.05) is 13.6 Å². The van der Waals surface area contributed by atoms with Crippen LogP contribution in [0.2, 0.25) is 5.02 Å². The van der Waals surface area contributed by atoms with Gasteiger partial charge in [-0.3, -0.25) is 14.5 Å². The molecule has 0 aliphatic heterocycles. The van der Waals surface area contributed by atoms with E-state index >= 15 is 0 Å². The number of nitrogens with one attached hydrogen (secondary N) is 1. The third-order valence-electron chi connectivity index (χ3n) is 5.67. The predicted molar refractivity (Wildman–Crippen MR) is 132 cm³/mol. The van der Waals surface area contributed by atoms with Crippen molar-refractivity contribution in [1.82, 2.24) is 14.8 Å². The highest BCUT2D eigenvalue weighted by molar-refractivity contribution is 6.30. The highest BCUT2D eigenvalue weighted by atomic mass is 35.5. The number of hydrogen-bond donors (Lipinski definition) is 2. The molecule has 2 heterocycles. The summed E-state index contributed by atoms with van der Waals surface area (Å²) >= 11 is 5.89. The molecule has 2 aromatic carbocycles. The number of benzene rings is 2. The van der Waals surface area contributed by atoms with Crippen molar-refractivity contribution in [1.29, 1.82) is 0 Å². The molecule has 9 heteroatoms. The summed E-state index contributed by atoms with van der Waals surface area (Å²) in [5.41, 5.74) is 1.41. The van der Waals surface area contributed by atoms with E-state index in [-0.39, 0.29) is 24.5 Å². The van der Waals surface area contributed by atoms with Crippen LogP contribution in [0, 0.1) is 5.82 Å². The molecule has 2 N–H and O–H groups in total. The number of amides is 1. The Morgan fingerprint density at radius 1 is 1.20 bits per heavy atom.